The number of alkyl halides is 2. The summed E-state index contributed by atoms with van der Waals surface area (Å²) in [5.41, 5.74) is 4.00. The number of halogens is 3. The molecule has 0 saturated heterocycles. The maximum Gasteiger partial charge on any atom is 0.387 e. The fourth-order valence-electron chi connectivity index (χ4n) is 2.85. The lowest BCUT2D eigenvalue weighted by Crippen LogP contribution is -2.36. The quantitative estimate of drug-likeness (QED) is 0.314. The average Bonchev–Trinajstić information content (AvgIpc) is 2.63. The smallest absolute Gasteiger partial charge is 0.387 e. The first-order chi connectivity index (χ1) is 13.4. The van der Waals surface area contributed by atoms with Crippen LogP contribution in [0.15, 0.2) is 47.5 Å². The van der Waals surface area contributed by atoms with Crippen LogP contribution in [0.1, 0.15) is 22.3 Å². The van der Waals surface area contributed by atoms with Crippen LogP contribution >= 0.6 is 24.0 Å². The van der Waals surface area contributed by atoms with Crippen molar-refractivity contribution in [2.45, 2.75) is 33.2 Å². The Balaban J connectivity index is 0.00000420. The van der Waals surface area contributed by atoms with Gasteiger partial charge in [-0.05, 0) is 38.2 Å². The number of nitrogens with one attached hydrogen (secondary N) is 2. The van der Waals surface area contributed by atoms with Gasteiger partial charge in [-0.25, -0.2) is 0 Å². The van der Waals surface area contributed by atoms with Gasteiger partial charge in [0, 0.05) is 32.2 Å². The number of benzene rings is 2. The van der Waals surface area contributed by atoms with Gasteiger partial charge in [0.05, 0.1) is 0 Å². The molecule has 2 aromatic carbocycles. The Morgan fingerprint density at radius 2 is 1.76 bits per heavy atom. The Kier molecular flexibility index (Phi) is 10.9. The molecule has 0 aromatic heterocycles. The minimum Gasteiger partial charge on any atom is -0.434 e. The number of nitrogens with zero attached hydrogens (tertiary/aromatic N) is 2. The Labute approximate surface area is 188 Å². The van der Waals surface area contributed by atoms with Crippen molar-refractivity contribution in [3.05, 3.63) is 64.7 Å². The second-order valence-electron chi connectivity index (χ2n) is 6.83. The van der Waals surface area contributed by atoms with Crippen LogP contribution in [-0.2, 0) is 19.6 Å². The molecule has 8 heteroatoms. The van der Waals surface area contributed by atoms with Crippen molar-refractivity contribution in [2.75, 3.05) is 21.1 Å². The molecule has 0 unspecified atom stereocenters. The van der Waals surface area contributed by atoms with E-state index in [-0.39, 0.29) is 29.7 Å². The van der Waals surface area contributed by atoms with Crippen LogP contribution in [0.2, 0.25) is 0 Å². The van der Waals surface area contributed by atoms with Gasteiger partial charge in [-0.1, -0.05) is 42.0 Å². The SMILES string of the molecule is CN=C(NCc1cccc(CN(C)C)c1)NCc1cc(C)ccc1OC(F)F.I. The number of aliphatic imine (C=N–C) groups is 1. The standard InChI is InChI=1S/C21H28F2N4O.HI/c1-15-8-9-19(28-20(22)23)18(10-15)13-26-21(24-2)25-12-16-6-5-7-17(11-16)14-27(3)4;/h5-11,20H,12-14H2,1-4H3,(H2,24,25,26);1H. The summed E-state index contributed by atoms with van der Waals surface area (Å²) in [6.45, 7) is 0.859. The first-order valence-corrected chi connectivity index (χ1v) is 9.08. The van der Waals surface area contributed by atoms with E-state index in [9.17, 15) is 8.78 Å². The zero-order valence-electron chi connectivity index (χ0n) is 17.2. The van der Waals surface area contributed by atoms with Gasteiger partial charge >= 0.3 is 6.61 Å². The number of hydrogen-bond donors (Lipinski definition) is 2. The highest BCUT2D eigenvalue weighted by Gasteiger charge is 2.10. The summed E-state index contributed by atoms with van der Waals surface area (Å²) in [5, 5.41) is 6.40. The van der Waals surface area contributed by atoms with E-state index in [4.69, 9.17) is 0 Å². The van der Waals surface area contributed by atoms with Gasteiger partial charge in [0.1, 0.15) is 5.75 Å². The van der Waals surface area contributed by atoms with Crippen LogP contribution in [0, 0.1) is 6.92 Å². The lowest BCUT2D eigenvalue weighted by molar-refractivity contribution is -0.0504. The molecule has 0 atom stereocenters. The van der Waals surface area contributed by atoms with E-state index in [2.05, 4.69) is 43.5 Å². The minimum absolute atomic E-state index is 0. The van der Waals surface area contributed by atoms with Gasteiger partial charge in [-0.3, -0.25) is 4.99 Å². The van der Waals surface area contributed by atoms with Crippen LogP contribution in [-0.4, -0.2) is 38.6 Å². The molecule has 0 fully saturated rings. The molecular weight excluding hydrogens is 489 g/mol. The molecule has 0 radical (unpaired) electrons. The van der Waals surface area contributed by atoms with Crippen LogP contribution in [0.25, 0.3) is 0 Å². The highest BCUT2D eigenvalue weighted by atomic mass is 127. The summed E-state index contributed by atoms with van der Waals surface area (Å²) in [6, 6.07) is 13.5. The van der Waals surface area contributed by atoms with Crippen LogP contribution in [0.5, 0.6) is 5.75 Å². The van der Waals surface area contributed by atoms with Crippen LogP contribution in [0.3, 0.4) is 0 Å². The Hall–Kier alpha value is -1.94. The number of rotatable bonds is 8. The molecule has 0 saturated carbocycles. The Morgan fingerprint density at radius 3 is 2.41 bits per heavy atom. The number of guanidine groups is 1. The average molecular weight is 518 g/mol. The number of hydrogen-bond acceptors (Lipinski definition) is 3. The predicted octanol–water partition coefficient (Wildman–Crippen LogP) is 4.14. The van der Waals surface area contributed by atoms with Crippen molar-refractivity contribution in [1.29, 1.82) is 0 Å². The van der Waals surface area contributed by atoms with Crippen molar-refractivity contribution < 1.29 is 13.5 Å². The molecule has 2 N–H and O–H groups in total. The lowest BCUT2D eigenvalue weighted by Gasteiger charge is -2.16. The van der Waals surface area contributed by atoms with Gasteiger partial charge < -0.3 is 20.3 Å². The van der Waals surface area contributed by atoms with Crippen molar-refractivity contribution in [3.8, 4) is 5.75 Å². The van der Waals surface area contributed by atoms with Crippen LogP contribution in [0.4, 0.5) is 8.78 Å². The summed E-state index contributed by atoms with van der Waals surface area (Å²) in [7, 11) is 5.74. The third-order valence-electron chi connectivity index (χ3n) is 4.05. The van der Waals surface area contributed by atoms with Crippen molar-refractivity contribution in [2.24, 2.45) is 4.99 Å². The summed E-state index contributed by atoms with van der Waals surface area (Å²) in [4.78, 5) is 6.32. The molecule has 0 bridgehead atoms. The van der Waals surface area contributed by atoms with E-state index in [0.29, 0.717) is 24.6 Å². The summed E-state index contributed by atoms with van der Waals surface area (Å²) < 4.78 is 29.8. The molecule has 0 aliphatic carbocycles. The third kappa shape index (κ3) is 8.95. The van der Waals surface area contributed by atoms with E-state index in [1.165, 1.54) is 5.56 Å². The first-order valence-electron chi connectivity index (χ1n) is 9.08. The third-order valence-corrected chi connectivity index (χ3v) is 4.05. The number of aryl methyl sites for hydroxylation is 1. The zero-order valence-corrected chi connectivity index (χ0v) is 19.5. The van der Waals surface area contributed by atoms with Gasteiger partial charge in [0.25, 0.3) is 0 Å². The fourth-order valence-corrected chi connectivity index (χ4v) is 2.85. The second-order valence-corrected chi connectivity index (χ2v) is 6.83. The van der Waals surface area contributed by atoms with E-state index in [1.807, 2.05) is 33.2 Å². The summed E-state index contributed by atoms with van der Waals surface area (Å²) in [6.07, 6.45) is 0. The molecule has 0 aliphatic heterocycles. The zero-order chi connectivity index (χ0) is 20.5. The predicted molar refractivity (Wildman–Crippen MR) is 124 cm³/mol. The fraction of sp³-hybridized carbons (Fsp3) is 0.381. The molecule has 2 rings (SSSR count). The molecule has 2 aromatic rings. The van der Waals surface area contributed by atoms with E-state index >= 15 is 0 Å². The van der Waals surface area contributed by atoms with Gasteiger partial charge in [-0.15, -0.1) is 24.0 Å². The summed E-state index contributed by atoms with van der Waals surface area (Å²) in [5.74, 6) is 0.752. The maximum absolute atomic E-state index is 12.6. The van der Waals surface area contributed by atoms with Crippen molar-refractivity contribution in [1.82, 2.24) is 15.5 Å². The van der Waals surface area contributed by atoms with Gasteiger partial charge in [-0.2, -0.15) is 8.78 Å². The lowest BCUT2D eigenvalue weighted by atomic mass is 10.1. The topological polar surface area (TPSA) is 48.9 Å². The van der Waals surface area contributed by atoms with Gasteiger partial charge in [0.2, 0.25) is 0 Å². The molecule has 0 heterocycles. The Bertz CT molecular complexity index is 800. The molecule has 5 nitrogen and oxygen atoms in total. The summed E-state index contributed by atoms with van der Waals surface area (Å²) >= 11 is 0. The monoisotopic (exact) mass is 518 g/mol. The van der Waals surface area contributed by atoms with Gasteiger partial charge in [0.15, 0.2) is 5.96 Å². The molecule has 0 spiro atoms. The van der Waals surface area contributed by atoms with E-state index in [0.717, 1.165) is 17.7 Å². The number of ether oxygens (including phenoxy) is 1. The van der Waals surface area contributed by atoms with E-state index < -0.39 is 6.61 Å². The van der Waals surface area contributed by atoms with Crippen molar-refractivity contribution in [3.63, 3.8) is 0 Å². The normalized spacial score (nSPS) is 11.4. The minimum atomic E-state index is -2.85. The molecule has 0 amide bonds. The van der Waals surface area contributed by atoms with Crippen molar-refractivity contribution >= 4 is 29.9 Å². The Morgan fingerprint density at radius 1 is 1.07 bits per heavy atom. The highest BCUT2D eigenvalue weighted by molar-refractivity contribution is 14.0. The molecular formula is C21H29F2IN4O. The maximum atomic E-state index is 12.6. The van der Waals surface area contributed by atoms with Crippen LogP contribution < -0.4 is 15.4 Å². The largest absolute Gasteiger partial charge is 0.434 e. The highest BCUT2D eigenvalue weighted by Crippen LogP contribution is 2.22. The molecule has 29 heavy (non-hydrogen) atoms. The molecule has 0 aliphatic rings. The first kappa shape index (κ1) is 25.1. The van der Waals surface area contributed by atoms with E-state index in [1.54, 1.807) is 19.2 Å². The molecule has 160 valence electrons. The second kappa shape index (κ2) is 12.6.